The van der Waals surface area contributed by atoms with Crippen LogP contribution in [-0.4, -0.2) is 19.5 Å². The van der Waals surface area contributed by atoms with Gasteiger partial charge in [-0.2, -0.15) is 0 Å². The van der Waals surface area contributed by atoms with Gasteiger partial charge in [-0.15, -0.1) is 0 Å². The number of carbonyl (C=O) groups excluding carboxylic acids is 1. The van der Waals surface area contributed by atoms with E-state index in [4.69, 9.17) is 0 Å². The van der Waals surface area contributed by atoms with E-state index in [-0.39, 0.29) is 0 Å². The van der Waals surface area contributed by atoms with Gasteiger partial charge in [0.15, 0.2) is 0 Å². The minimum Gasteiger partial charge on any atom is -0.359 e. The molecular weight excluding hydrogens is 116 g/mol. The predicted octanol–water partition coefficient (Wildman–Crippen LogP) is 0.721. The Hall–Kier alpha value is -1.04. The van der Waals surface area contributed by atoms with Crippen molar-refractivity contribution in [3.05, 3.63) is 4.85 Å². The standard InChI is InChI=1S/C3H7NO.C3H6N/c1-2-4-3-5;1-3-4-2/h3H,2H2,1H3,(H,4,5);2H,3H2,1H3/q;+1. The van der Waals surface area contributed by atoms with E-state index in [1.807, 2.05) is 13.8 Å². The normalized spacial score (nSPS) is 5.89. The van der Waals surface area contributed by atoms with E-state index in [1.165, 1.54) is 0 Å². The quantitative estimate of drug-likeness (QED) is 0.548. The highest BCUT2D eigenvalue weighted by atomic mass is 16.1. The Kier molecular flexibility index (Phi) is 19.0. The topological polar surface area (TPSA) is 33.5 Å². The summed E-state index contributed by atoms with van der Waals surface area (Å²) in [5, 5.41) is 2.43. The molecule has 0 saturated heterocycles. The second-order valence-corrected chi connectivity index (χ2v) is 1.17. The fourth-order valence-corrected chi connectivity index (χ4v) is 0.0833. The van der Waals surface area contributed by atoms with E-state index in [2.05, 4.69) is 16.7 Å². The van der Waals surface area contributed by atoms with Crippen LogP contribution >= 0.6 is 0 Å². The maximum atomic E-state index is 9.29. The average molecular weight is 129 g/mol. The van der Waals surface area contributed by atoms with Crippen LogP contribution in [-0.2, 0) is 4.79 Å². The molecule has 0 bridgehead atoms. The average Bonchev–Trinajstić information content (AvgIpc) is 1.91. The predicted molar refractivity (Wildman–Crippen MR) is 38.6 cm³/mol. The summed E-state index contributed by atoms with van der Waals surface area (Å²) in [6.45, 7) is 9.86. The third-order valence-corrected chi connectivity index (χ3v) is 0.470. The first kappa shape index (κ1) is 10.9. The Labute approximate surface area is 55.9 Å². The summed E-state index contributed by atoms with van der Waals surface area (Å²) >= 11 is 0. The molecule has 3 heteroatoms. The Morgan fingerprint density at radius 2 is 2.11 bits per heavy atom. The van der Waals surface area contributed by atoms with Gasteiger partial charge in [-0.05, 0) is 6.92 Å². The highest BCUT2D eigenvalue weighted by Crippen LogP contribution is 1.52. The van der Waals surface area contributed by atoms with Crippen LogP contribution in [0.4, 0.5) is 0 Å². The molecule has 0 fully saturated rings. The Bertz CT molecular complexity index is 85.5. The lowest BCUT2D eigenvalue weighted by Crippen LogP contribution is -2.07. The molecule has 52 valence electrons. The molecule has 0 atom stereocenters. The number of nitrogens with zero attached hydrogens (tertiary/aromatic N) is 1. The van der Waals surface area contributed by atoms with Crippen LogP contribution in [0.2, 0.25) is 0 Å². The third-order valence-electron chi connectivity index (χ3n) is 0.470. The van der Waals surface area contributed by atoms with Gasteiger partial charge in [0.2, 0.25) is 6.41 Å². The van der Waals surface area contributed by atoms with Gasteiger partial charge in [0, 0.05) is 13.5 Å². The van der Waals surface area contributed by atoms with E-state index in [9.17, 15) is 4.79 Å². The summed E-state index contributed by atoms with van der Waals surface area (Å²) in [4.78, 5) is 12.5. The van der Waals surface area contributed by atoms with Crippen LogP contribution in [0, 0.1) is 6.57 Å². The number of hydrogen-bond donors (Lipinski definition) is 1. The molecule has 0 aromatic carbocycles. The molecule has 0 saturated carbocycles. The fourth-order valence-electron chi connectivity index (χ4n) is 0.0833. The van der Waals surface area contributed by atoms with Gasteiger partial charge in [-0.3, -0.25) is 4.79 Å². The van der Waals surface area contributed by atoms with E-state index < -0.39 is 0 Å². The van der Waals surface area contributed by atoms with Crippen molar-refractivity contribution < 1.29 is 4.79 Å². The van der Waals surface area contributed by atoms with Crippen molar-refractivity contribution in [2.75, 3.05) is 13.1 Å². The largest absolute Gasteiger partial charge is 0.359 e. The van der Waals surface area contributed by atoms with Crippen LogP contribution in [0.3, 0.4) is 0 Å². The molecule has 3 nitrogen and oxygen atoms in total. The summed E-state index contributed by atoms with van der Waals surface area (Å²) in [6, 6.07) is 0. The van der Waals surface area contributed by atoms with Gasteiger partial charge in [0.1, 0.15) is 0 Å². The summed E-state index contributed by atoms with van der Waals surface area (Å²) in [5.74, 6) is 0. The van der Waals surface area contributed by atoms with Crippen LogP contribution in [0.15, 0.2) is 0 Å². The van der Waals surface area contributed by atoms with E-state index in [0.717, 1.165) is 13.1 Å². The molecule has 0 aromatic rings. The molecule has 0 aromatic heterocycles. The van der Waals surface area contributed by atoms with Gasteiger partial charge < -0.3 is 5.32 Å². The minimum absolute atomic E-state index is 0.681. The lowest BCUT2D eigenvalue weighted by molar-refractivity contribution is -0.109. The van der Waals surface area contributed by atoms with Crippen LogP contribution in [0.1, 0.15) is 13.8 Å². The van der Waals surface area contributed by atoms with Crippen molar-refractivity contribution in [2.24, 2.45) is 0 Å². The minimum atomic E-state index is 0.681. The van der Waals surface area contributed by atoms with E-state index >= 15 is 0 Å². The van der Waals surface area contributed by atoms with E-state index in [1.54, 1.807) is 0 Å². The SMILES string of the molecule is C#[N+]CC.CCNC=O. The monoisotopic (exact) mass is 129 g/mol. The van der Waals surface area contributed by atoms with Crippen molar-refractivity contribution in [2.45, 2.75) is 13.8 Å². The molecule has 1 N–H and O–H groups in total. The first-order valence-electron chi connectivity index (χ1n) is 2.87. The van der Waals surface area contributed by atoms with Crippen molar-refractivity contribution in [1.29, 1.82) is 0 Å². The van der Waals surface area contributed by atoms with Crippen molar-refractivity contribution >= 4 is 6.41 Å². The number of nitrogens with one attached hydrogen (secondary N) is 1. The van der Waals surface area contributed by atoms with Gasteiger partial charge in [-0.25, -0.2) is 0 Å². The lowest BCUT2D eigenvalue weighted by atomic mass is 10.8. The Morgan fingerprint density at radius 3 is 2.11 bits per heavy atom. The number of hydrogen-bond acceptors (Lipinski definition) is 1. The molecule has 0 aliphatic heterocycles. The zero-order chi connectivity index (χ0) is 7.54. The highest BCUT2D eigenvalue weighted by molar-refractivity contribution is 5.45. The lowest BCUT2D eigenvalue weighted by Gasteiger charge is -1.78. The molecule has 9 heavy (non-hydrogen) atoms. The molecule has 0 aliphatic carbocycles. The number of amides is 1. The third kappa shape index (κ3) is 44.6. The molecule has 0 unspecified atom stereocenters. The van der Waals surface area contributed by atoms with E-state index in [0.29, 0.717) is 6.41 Å². The maximum absolute atomic E-state index is 9.29. The molecule has 1 amide bonds. The van der Waals surface area contributed by atoms with Crippen molar-refractivity contribution in [3.8, 4) is 6.57 Å². The Balaban J connectivity index is 0. The first-order chi connectivity index (χ1) is 4.33. The first-order valence-corrected chi connectivity index (χ1v) is 2.87. The Morgan fingerprint density at radius 1 is 1.67 bits per heavy atom. The number of carbonyl (C=O) groups is 1. The second-order valence-electron chi connectivity index (χ2n) is 1.17. The zero-order valence-corrected chi connectivity index (χ0v) is 5.92. The summed E-state index contributed by atoms with van der Waals surface area (Å²) < 4.78 is 0. The van der Waals surface area contributed by atoms with Crippen LogP contribution in [0.25, 0.3) is 4.85 Å². The van der Waals surface area contributed by atoms with Crippen LogP contribution in [0.5, 0.6) is 0 Å². The smallest absolute Gasteiger partial charge is 0.260 e. The summed E-state index contributed by atoms with van der Waals surface area (Å²) in [6.07, 6.45) is 0.681. The zero-order valence-electron chi connectivity index (χ0n) is 5.92. The van der Waals surface area contributed by atoms with Gasteiger partial charge in [0.25, 0.3) is 13.1 Å². The van der Waals surface area contributed by atoms with Gasteiger partial charge in [0.05, 0.1) is 0 Å². The molecular formula is C6H13N2O+. The second kappa shape index (κ2) is 15.8. The molecule has 0 rings (SSSR count). The molecule has 0 aliphatic rings. The number of rotatable bonds is 2. The maximum Gasteiger partial charge on any atom is 0.260 e. The fraction of sp³-hybridized carbons (Fsp3) is 0.667. The molecule has 0 radical (unpaired) electrons. The summed E-state index contributed by atoms with van der Waals surface area (Å²) in [5.41, 5.74) is 0. The molecule has 0 heterocycles. The van der Waals surface area contributed by atoms with Crippen LogP contribution < -0.4 is 5.32 Å². The highest BCUT2D eigenvalue weighted by Gasteiger charge is 1.60. The van der Waals surface area contributed by atoms with Crippen molar-refractivity contribution in [3.63, 3.8) is 0 Å². The summed E-state index contributed by atoms with van der Waals surface area (Å²) in [7, 11) is 0. The van der Waals surface area contributed by atoms with Crippen molar-refractivity contribution in [1.82, 2.24) is 5.32 Å². The van der Waals surface area contributed by atoms with Gasteiger partial charge >= 0.3 is 0 Å². The van der Waals surface area contributed by atoms with Gasteiger partial charge in [-0.1, -0.05) is 4.85 Å². The molecule has 0 spiro atoms.